The number of aromatic nitrogens is 6. The summed E-state index contributed by atoms with van der Waals surface area (Å²) in [6, 6.07) is 1.45. The van der Waals surface area contributed by atoms with Gasteiger partial charge < -0.3 is 10.1 Å². The first-order valence-electron chi connectivity index (χ1n) is 10.8. The highest BCUT2D eigenvalue weighted by atomic mass is 16.5. The molecular formula is C22H26N8O2. The Bertz CT molecular complexity index is 1140. The number of carbonyl (C=O) groups is 1. The molecule has 1 fully saturated rings. The molecule has 0 spiro atoms. The van der Waals surface area contributed by atoms with Crippen molar-refractivity contribution in [1.82, 2.24) is 30.1 Å². The van der Waals surface area contributed by atoms with Crippen LogP contribution < -0.4 is 10.2 Å². The Balaban J connectivity index is 1.47. The van der Waals surface area contributed by atoms with Crippen molar-refractivity contribution in [3.63, 3.8) is 0 Å². The smallest absolute Gasteiger partial charge is 0.253 e. The molecule has 10 nitrogen and oxygen atoms in total. The van der Waals surface area contributed by atoms with Crippen LogP contribution in [0, 0.1) is 6.92 Å². The third-order valence-corrected chi connectivity index (χ3v) is 6.61. The lowest BCUT2D eigenvalue weighted by molar-refractivity contribution is -0.129. The van der Waals surface area contributed by atoms with E-state index in [-0.39, 0.29) is 5.91 Å². The first-order valence-corrected chi connectivity index (χ1v) is 10.8. The Kier molecular flexibility index (Phi) is 5.09. The van der Waals surface area contributed by atoms with Crippen LogP contribution in [-0.2, 0) is 9.53 Å². The molecule has 0 radical (unpaired) electrons. The highest BCUT2D eigenvalue weighted by Gasteiger charge is 2.48. The van der Waals surface area contributed by atoms with Crippen LogP contribution in [-0.4, -0.2) is 61.8 Å². The van der Waals surface area contributed by atoms with E-state index in [1.54, 1.807) is 31.5 Å². The average molecular weight is 435 g/mol. The number of fused-ring (bicyclic) bond motifs is 1. The molecule has 32 heavy (non-hydrogen) atoms. The number of anilines is 2. The van der Waals surface area contributed by atoms with E-state index in [0.717, 1.165) is 36.8 Å². The van der Waals surface area contributed by atoms with E-state index < -0.39 is 11.6 Å². The summed E-state index contributed by atoms with van der Waals surface area (Å²) in [6.07, 6.45) is 9.88. The van der Waals surface area contributed by atoms with Crippen molar-refractivity contribution in [2.75, 3.05) is 24.4 Å². The van der Waals surface area contributed by atoms with Crippen LogP contribution in [0.5, 0.6) is 0 Å². The second-order valence-corrected chi connectivity index (χ2v) is 8.45. The van der Waals surface area contributed by atoms with Crippen LogP contribution >= 0.6 is 0 Å². The van der Waals surface area contributed by atoms with E-state index in [2.05, 4.69) is 30.5 Å². The molecule has 0 aromatic carbocycles. The van der Waals surface area contributed by atoms with Crippen LogP contribution in [0.4, 0.5) is 11.6 Å². The number of ether oxygens (including phenoxy) is 1. The first-order chi connectivity index (χ1) is 15.5. The minimum absolute atomic E-state index is 0.0526. The SMILES string of the molecule is COC1(C2Nc3ncc(-c4cnc(-c5ncn[nH]5)cc4C)nc3N(C)C2=O)CCCCC1. The number of pyridine rings is 1. The number of hydrogen-bond acceptors (Lipinski definition) is 8. The number of carbonyl (C=O) groups excluding carboxylic acids is 1. The van der Waals surface area contributed by atoms with E-state index in [0.29, 0.717) is 28.8 Å². The summed E-state index contributed by atoms with van der Waals surface area (Å²) in [4.78, 5) is 32.9. The molecular weight excluding hydrogens is 408 g/mol. The molecule has 2 aliphatic rings. The van der Waals surface area contributed by atoms with Crippen LogP contribution in [0.2, 0.25) is 0 Å². The minimum Gasteiger partial charge on any atom is -0.376 e. The lowest BCUT2D eigenvalue weighted by atomic mass is 9.78. The maximum absolute atomic E-state index is 13.3. The van der Waals surface area contributed by atoms with Gasteiger partial charge in [0, 0.05) is 25.9 Å². The predicted molar refractivity (Wildman–Crippen MR) is 119 cm³/mol. The fourth-order valence-corrected chi connectivity index (χ4v) is 4.74. The monoisotopic (exact) mass is 434 g/mol. The van der Waals surface area contributed by atoms with Gasteiger partial charge in [0.15, 0.2) is 17.5 Å². The molecule has 3 aromatic rings. The topological polar surface area (TPSA) is 122 Å². The summed E-state index contributed by atoms with van der Waals surface area (Å²) < 4.78 is 5.92. The number of rotatable bonds is 4. The fourth-order valence-electron chi connectivity index (χ4n) is 4.74. The third kappa shape index (κ3) is 3.31. The lowest BCUT2D eigenvalue weighted by Gasteiger charge is -2.45. The van der Waals surface area contributed by atoms with Crippen LogP contribution in [0.15, 0.2) is 24.8 Å². The molecule has 1 saturated carbocycles. The maximum atomic E-state index is 13.3. The van der Waals surface area contributed by atoms with Gasteiger partial charge >= 0.3 is 0 Å². The molecule has 4 heterocycles. The van der Waals surface area contributed by atoms with Gasteiger partial charge in [0.25, 0.3) is 5.91 Å². The maximum Gasteiger partial charge on any atom is 0.253 e. The van der Waals surface area contributed by atoms with Crippen molar-refractivity contribution in [2.45, 2.75) is 50.7 Å². The van der Waals surface area contributed by atoms with Gasteiger partial charge in [0.1, 0.15) is 18.1 Å². The molecule has 0 bridgehead atoms. The number of nitrogens with one attached hydrogen (secondary N) is 2. The molecule has 1 aliphatic carbocycles. The highest BCUT2D eigenvalue weighted by molar-refractivity contribution is 6.03. The number of likely N-dealkylation sites (N-methyl/N-ethyl adjacent to an activating group) is 1. The van der Waals surface area contributed by atoms with Crippen molar-refractivity contribution in [3.05, 3.63) is 30.4 Å². The van der Waals surface area contributed by atoms with Gasteiger partial charge in [-0.1, -0.05) is 19.3 Å². The van der Waals surface area contributed by atoms with Gasteiger partial charge in [-0.25, -0.2) is 15.0 Å². The number of nitrogens with zero attached hydrogens (tertiary/aromatic N) is 6. The summed E-state index contributed by atoms with van der Waals surface area (Å²) in [5.74, 6) is 1.64. The molecule has 0 saturated heterocycles. The van der Waals surface area contributed by atoms with Crippen molar-refractivity contribution in [1.29, 1.82) is 0 Å². The predicted octanol–water partition coefficient (Wildman–Crippen LogP) is 2.74. The lowest BCUT2D eigenvalue weighted by Crippen LogP contribution is -2.60. The zero-order valence-electron chi connectivity index (χ0n) is 18.4. The Hall–Kier alpha value is -3.40. The van der Waals surface area contributed by atoms with E-state index in [4.69, 9.17) is 9.72 Å². The average Bonchev–Trinajstić information content (AvgIpc) is 3.37. The largest absolute Gasteiger partial charge is 0.376 e. The quantitative estimate of drug-likeness (QED) is 0.643. The summed E-state index contributed by atoms with van der Waals surface area (Å²) in [6.45, 7) is 1.98. The third-order valence-electron chi connectivity index (χ3n) is 6.61. The molecule has 3 aromatic heterocycles. The molecule has 10 heteroatoms. The summed E-state index contributed by atoms with van der Waals surface area (Å²) in [7, 11) is 3.45. The number of H-pyrrole nitrogens is 1. The summed E-state index contributed by atoms with van der Waals surface area (Å²) in [5, 5.41) is 10.0. The summed E-state index contributed by atoms with van der Waals surface area (Å²) in [5.41, 5.74) is 2.64. The molecule has 1 unspecified atom stereocenters. The van der Waals surface area contributed by atoms with Gasteiger partial charge in [-0.3, -0.25) is 19.8 Å². The summed E-state index contributed by atoms with van der Waals surface area (Å²) >= 11 is 0. The molecule has 1 amide bonds. The Morgan fingerprint density at radius 1 is 1.12 bits per heavy atom. The fraction of sp³-hybridized carbons (Fsp3) is 0.455. The van der Waals surface area contributed by atoms with Gasteiger partial charge in [-0.2, -0.15) is 5.10 Å². The normalized spacial score (nSPS) is 20.0. The van der Waals surface area contributed by atoms with Crippen molar-refractivity contribution in [2.24, 2.45) is 0 Å². The number of methoxy groups -OCH3 is 1. The van der Waals surface area contributed by atoms with Crippen LogP contribution in [0.25, 0.3) is 22.8 Å². The van der Waals surface area contributed by atoms with Crippen molar-refractivity contribution in [3.8, 4) is 22.8 Å². The van der Waals surface area contributed by atoms with Crippen molar-refractivity contribution < 1.29 is 9.53 Å². The molecule has 2 N–H and O–H groups in total. The Labute approximate surface area is 185 Å². The van der Waals surface area contributed by atoms with Crippen molar-refractivity contribution >= 4 is 17.5 Å². The van der Waals surface area contributed by atoms with E-state index in [9.17, 15) is 4.79 Å². The van der Waals surface area contributed by atoms with E-state index >= 15 is 0 Å². The second kappa shape index (κ2) is 7.94. The Morgan fingerprint density at radius 2 is 1.94 bits per heavy atom. The second-order valence-electron chi connectivity index (χ2n) is 8.45. The minimum atomic E-state index is -0.515. The van der Waals surface area contributed by atoms with Gasteiger partial charge in [0.05, 0.1) is 17.5 Å². The number of aryl methyl sites for hydroxylation is 1. The van der Waals surface area contributed by atoms with Gasteiger partial charge in [0.2, 0.25) is 0 Å². The zero-order valence-corrected chi connectivity index (χ0v) is 18.4. The standard InChI is InChI=1S/C22H26N8O2/c1-13-9-15(18-25-12-26-29-18)23-10-14(13)16-11-24-19-20(27-16)30(2)21(31)17(28-19)22(32-3)7-5-4-6-8-22/h9-12,17H,4-8H2,1-3H3,(H,24,28)(H,25,26,29). The zero-order chi connectivity index (χ0) is 22.3. The number of amides is 1. The molecule has 1 atom stereocenters. The highest BCUT2D eigenvalue weighted by Crippen LogP contribution is 2.40. The van der Waals surface area contributed by atoms with E-state index in [1.165, 1.54) is 12.7 Å². The molecule has 1 aliphatic heterocycles. The van der Waals surface area contributed by atoms with Crippen LogP contribution in [0.1, 0.15) is 37.7 Å². The van der Waals surface area contributed by atoms with Crippen LogP contribution in [0.3, 0.4) is 0 Å². The van der Waals surface area contributed by atoms with E-state index in [1.807, 2.05) is 13.0 Å². The number of hydrogen-bond donors (Lipinski definition) is 2. The Morgan fingerprint density at radius 3 is 2.62 bits per heavy atom. The van der Waals surface area contributed by atoms with Gasteiger partial charge in [-0.05, 0) is 31.4 Å². The first kappa shape index (κ1) is 20.5. The number of aromatic amines is 1. The molecule has 166 valence electrons. The van der Waals surface area contributed by atoms with Gasteiger partial charge in [-0.15, -0.1) is 0 Å². The molecule has 5 rings (SSSR count).